The maximum atomic E-state index is 14.8. The van der Waals surface area contributed by atoms with Crippen LogP contribution in [0.2, 0.25) is 0 Å². The second kappa shape index (κ2) is 15.4. The summed E-state index contributed by atoms with van der Waals surface area (Å²) in [5, 5.41) is 17.8. The summed E-state index contributed by atoms with van der Waals surface area (Å²) in [6.45, 7) is 12.0. The molecule has 0 bridgehead atoms. The Kier molecular flexibility index (Phi) is 11.6. The Morgan fingerprint density at radius 1 is 1.11 bits per heavy atom. The Bertz CT molecular complexity index is 1790. The number of rotatable bonds is 16. The van der Waals surface area contributed by atoms with Gasteiger partial charge in [-0.25, -0.2) is 14.0 Å². The standard InChI is InChI=1S/C34H44N6O5S/c1-7-24(8-2)37-32(42)34(9-3,10-4)40-29(41)28-23(6)30(39-20-15-19-36-39)46-31(28)38(33(40)43)22-27(45-21-14-18-35)25-16-12-13-17-26(25)44-11-5/h12-13,15-17,19-20,24,27H,7-11,14,21-22H2,1-6H3,(H,37,42)/t27-/m0/s1. The molecule has 4 rings (SSSR count). The van der Waals surface area contributed by atoms with Crippen molar-refractivity contribution < 1.29 is 14.3 Å². The number of para-hydroxylation sites is 1. The van der Waals surface area contributed by atoms with E-state index in [1.54, 1.807) is 27.7 Å². The van der Waals surface area contributed by atoms with Gasteiger partial charge in [-0.05, 0) is 51.7 Å². The van der Waals surface area contributed by atoms with E-state index in [9.17, 15) is 19.6 Å². The van der Waals surface area contributed by atoms with Crippen LogP contribution in [0, 0.1) is 18.3 Å². The zero-order chi connectivity index (χ0) is 33.4. The lowest BCUT2D eigenvalue weighted by molar-refractivity contribution is -0.131. The average Bonchev–Trinajstić information content (AvgIpc) is 3.72. The highest BCUT2D eigenvalue weighted by Gasteiger charge is 2.42. The number of fused-ring (bicyclic) bond motifs is 1. The number of ether oxygens (including phenoxy) is 2. The van der Waals surface area contributed by atoms with Crippen LogP contribution in [-0.2, 0) is 21.6 Å². The molecule has 0 radical (unpaired) electrons. The van der Waals surface area contributed by atoms with E-state index in [2.05, 4.69) is 16.5 Å². The summed E-state index contributed by atoms with van der Waals surface area (Å²) in [4.78, 5) is 43.9. The lowest BCUT2D eigenvalue weighted by atomic mass is 9.90. The van der Waals surface area contributed by atoms with Gasteiger partial charge in [-0.1, -0.05) is 57.2 Å². The topological polar surface area (TPSA) is 133 Å². The number of amides is 1. The summed E-state index contributed by atoms with van der Waals surface area (Å²) in [5.41, 5.74) is -1.16. The van der Waals surface area contributed by atoms with Crippen LogP contribution in [0.5, 0.6) is 5.75 Å². The normalized spacial score (nSPS) is 12.4. The predicted molar refractivity (Wildman–Crippen MR) is 180 cm³/mol. The number of nitrogens with one attached hydrogen (secondary N) is 1. The minimum absolute atomic E-state index is 0.0152. The Hall–Kier alpha value is -4.21. The van der Waals surface area contributed by atoms with Gasteiger partial charge >= 0.3 is 5.69 Å². The van der Waals surface area contributed by atoms with Gasteiger partial charge in [0.15, 0.2) is 0 Å². The molecule has 0 spiro atoms. The monoisotopic (exact) mass is 648 g/mol. The smallest absolute Gasteiger partial charge is 0.333 e. The van der Waals surface area contributed by atoms with E-state index < -0.39 is 22.9 Å². The van der Waals surface area contributed by atoms with Crippen molar-refractivity contribution in [2.45, 2.75) is 97.9 Å². The van der Waals surface area contributed by atoms with Crippen LogP contribution in [0.15, 0.2) is 52.3 Å². The number of carbonyl (C=O) groups is 1. The number of hydrogen-bond donors (Lipinski definition) is 1. The summed E-state index contributed by atoms with van der Waals surface area (Å²) in [6.07, 6.45) is 4.82. The van der Waals surface area contributed by atoms with E-state index >= 15 is 0 Å². The van der Waals surface area contributed by atoms with Crippen LogP contribution >= 0.6 is 11.3 Å². The lowest BCUT2D eigenvalue weighted by Crippen LogP contribution is -2.59. The van der Waals surface area contributed by atoms with E-state index in [0.717, 1.165) is 12.8 Å². The van der Waals surface area contributed by atoms with Crippen molar-refractivity contribution in [2.24, 2.45) is 0 Å². The molecule has 0 fully saturated rings. The Morgan fingerprint density at radius 2 is 1.83 bits per heavy atom. The van der Waals surface area contributed by atoms with Crippen molar-refractivity contribution in [3.05, 3.63) is 74.7 Å². The van der Waals surface area contributed by atoms with Gasteiger partial charge in [-0.3, -0.25) is 14.2 Å². The number of aromatic nitrogens is 4. The Morgan fingerprint density at radius 3 is 2.43 bits per heavy atom. The highest BCUT2D eigenvalue weighted by atomic mass is 32.1. The van der Waals surface area contributed by atoms with Crippen LogP contribution in [0.25, 0.3) is 15.2 Å². The number of hydrogen-bond acceptors (Lipinski definition) is 8. The highest BCUT2D eigenvalue weighted by Crippen LogP contribution is 2.35. The molecule has 1 aromatic carbocycles. The van der Waals surface area contributed by atoms with Crippen LogP contribution < -0.4 is 21.3 Å². The summed E-state index contributed by atoms with van der Waals surface area (Å²) in [7, 11) is 0. The van der Waals surface area contributed by atoms with Gasteiger partial charge in [0, 0.05) is 29.6 Å². The van der Waals surface area contributed by atoms with Crippen LogP contribution in [0.4, 0.5) is 0 Å². The molecule has 246 valence electrons. The lowest BCUT2D eigenvalue weighted by Gasteiger charge is -2.34. The van der Waals surface area contributed by atoms with E-state index in [1.807, 2.05) is 65.8 Å². The highest BCUT2D eigenvalue weighted by molar-refractivity contribution is 7.21. The third-order valence-electron chi connectivity index (χ3n) is 8.69. The van der Waals surface area contributed by atoms with Crippen molar-refractivity contribution in [1.82, 2.24) is 24.2 Å². The molecule has 1 N–H and O–H groups in total. The van der Waals surface area contributed by atoms with Gasteiger partial charge < -0.3 is 14.8 Å². The first kappa shape index (κ1) is 34.7. The number of nitrogens with zero attached hydrogens (tertiary/aromatic N) is 5. The summed E-state index contributed by atoms with van der Waals surface area (Å²) < 4.78 is 16.6. The first-order chi connectivity index (χ1) is 22.2. The molecule has 0 unspecified atom stereocenters. The number of carbonyl (C=O) groups excluding carboxylic acids is 1. The molecule has 1 atom stereocenters. The molecule has 11 nitrogen and oxygen atoms in total. The van der Waals surface area contributed by atoms with Crippen molar-refractivity contribution in [3.8, 4) is 16.8 Å². The minimum atomic E-state index is -1.42. The summed E-state index contributed by atoms with van der Waals surface area (Å²) in [6, 6.07) is 11.3. The fraction of sp³-hybridized carbons (Fsp3) is 0.500. The van der Waals surface area contributed by atoms with Crippen LogP contribution in [0.3, 0.4) is 0 Å². The first-order valence-electron chi connectivity index (χ1n) is 16.0. The molecular weight excluding hydrogens is 604 g/mol. The fourth-order valence-electron chi connectivity index (χ4n) is 5.97. The van der Waals surface area contributed by atoms with Gasteiger partial charge in [-0.15, -0.1) is 0 Å². The molecule has 0 aliphatic heterocycles. The van der Waals surface area contributed by atoms with E-state index in [4.69, 9.17) is 9.47 Å². The molecule has 0 saturated heterocycles. The second-order valence-corrected chi connectivity index (χ2v) is 12.1. The zero-order valence-electron chi connectivity index (χ0n) is 27.5. The van der Waals surface area contributed by atoms with Gasteiger partial charge in [0.05, 0.1) is 37.6 Å². The summed E-state index contributed by atoms with van der Waals surface area (Å²) in [5.74, 6) is 0.255. The quantitative estimate of drug-likeness (QED) is 0.156. The number of aryl methyl sites for hydroxylation is 1. The molecule has 1 amide bonds. The maximum absolute atomic E-state index is 14.8. The molecule has 12 heteroatoms. The number of benzene rings is 1. The van der Waals surface area contributed by atoms with Crippen molar-refractivity contribution in [2.75, 3.05) is 13.2 Å². The molecule has 3 heterocycles. The van der Waals surface area contributed by atoms with Gasteiger partial charge in [0.2, 0.25) is 5.91 Å². The number of nitriles is 1. The molecule has 0 saturated carbocycles. The molecule has 0 aliphatic rings. The van der Waals surface area contributed by atoms with Crippen molar-refractivity contribution in [3.63, 3.8) is 0 Å². The van der Waals surface area contributed by atoms with Crippen molar-refractivity contribution in [1.29, 1.82) is 5.26 Å². The SMILES string of the molecule is CCOc1ccccc1[C@H](Cn1c(=O)n(C(CC)(CC)C(=O)NC(CC)CC)c(=O)c2c(C)c(-n3cccn3)sc21)OCCC#N. The predicted octanol–water partition coefficient (Wildman–Crippen LogP) is 5.61. The van der Waals surface area contributed by atoms with Gasteiger partial charge in [0.1, 0.15) is 27.2 Å². The van der Waals surface area contributed by atoms with E-state index in [1.165, 1.54) is 15.9 Å². The van der Waals surface area contributed by atoms with Crippen LogP contribution in [-0.4, -0.2) is 44.1 Å². The minimum Gasteiger partial charge on any atom is -0.493 e. The second-order valence-electron chi connectivity index (χ2n) is 11.2. The average molecular weight is 649 g/mol. The van der Waals surface area contributed by atoms with Crippen molar-refractivity contribution >= 4 is 27.5 Å². The van der Waals surface area contributed by atoms with E-state index in [-0.39, 0.29) is 44.4 Å². The molecule has 46 heavy (non-hydrogen) atoms. The van der Waals surface area contributed by atoms with Gasteiger partial charge in [-0.2, -0.15) is 10.4 Å². The van der Waals surface area contributed by atoms with Crippen LogP contribution in [0.1, 0.15) is 84.0 Å². The largest absolute Gasteiger partial charge is 0.493 e. The fourth-order valence-corrected chi connectivity index (χ4v) is 7.21. The Labute approximate surface area is 273 Å². The van der Waals surface area contributed by atoms with Gasteiger partial charge in [0.25, 0.3) is 5.56 Å². The molecule has 0 aliphatic carbocycles. The molecule has 4 aromatic rings. The number of thiophene rings is 1. The third kappa shape index (κ3) is 6.52. The maximum Gasteiger partial charge on any atom is 0.333 e. The Balaban J connectivity index is 2.05. The molecular formula is C34H44N6O5S. The summed E-state index contributed by atoms with van der Waals surface area (Å²) >= 11 is 1.29. The zero-order valence-corrected chi connectivity index (χ0v) is 28.4. The molecule has 3 aromatic heterocycles. The third-order valence-corrected chi connectivity index (χ3v) is 9.99. The first-order valence-corrected chi connectivity index (χ1v) is 16.8. The van der Waals surface area contributed by atoms with E-state index in [0.29, 0.717) is 38.7 Å².